The van der Waals surface area contributed by atoms with Gasteiger partial charge in [0, 0.05) is 5.92 Å². The summed E-state index contributed by atoms with van der Waals surface area (Å²) in [5.74, 6) is -3.20. The molecule has 0 unspecified atom stereocenters. The van der Waals surface area contributed by atoms with Crippen molar-refractivity contribution in [2.75, 3.05) is 25.0 Å². The van der Waals surface area contributed by atoms with Crippen LogP contribution in [-0.2, 0) is 9.53 Å². The first kappa shape index (κ1) is 22.5. The fraction of sp³-hybridized carbons (Fsp3) is 0.192. The van der Waals surface area contributed by atoms with Gasteiger partial charge in [-0.1, -0.05) is 54.6 Å². The van der Waals surface area contributed by atoms with Gasteiger partial charge in [0.05, 0.1) is 24.3 Å². The Morgan fingerprint density at radius 2 is 1.57 bits per heavy atom. The second kappa shape index (κ2) is 8.52. The second-order valence-electron chi connectivity index (χ2n) is 8.61. The lowest BCUT2D eigenvalue weighted by molar-refractivity contribution is -0.173. The molecule has 35 heavy (non-hydrogen) atoms. The summed E-state index contributed by atoms with van der Waals surface area (Å²) >= 11 is 0. The van der Waals surface area contributed by atoms with Gasteiger partial charge in [0.2, 0.25) is 0 Å². The van der Waals surface area contributed by atoms with Crippen LogP contribution in [0.2, 0.25) is 0 Å². The molecule has 2 aliphatic rings. The van der Waals surface area contributed by atoms with Crippen LogP contribution in [0.5, 0.6) is 0 Å². The molecule has 1 aliphatic heterocycles. The number of fused-ring (bicyclic) bond motifs is 3. The van der Waals surface area contributed by atoms with Gasteiger partial charge in [-0.2, -0.15) is 0 Å². The van der Waals surface area contributed by atoms with Gasteiger partial charge < -0.3 is 19.8 Å². The zero-order valence-corrected chi connectivity index (χ0v) is 18.4. The zero-order chi connectivity index (χ0) is 24.7. The first-order chi connectivity index (χ1) is 16.8. The van der Waals surface area contributed by atoms with Gasteiger partial charge in [-0.3, -0.25) is 10.1 Å². The minimum atomic E-state index is -2.04. The number of rotatable bonds is 5. The molecule has 9 heteroatoms. The summed E-state index contributed by atoms with van der Waals surface area (Å²) in [7, 11) is 0. The molecule has 1 fully saturated rings. The van der Waals surface area contributed by atoms with E-state index in [1.807, 2.05) is 48.5 Å². The van der Waals surface area contributed by atoms with E-state index in [2.05, 4.69) is 5.32 Å². The summed E-state index contributed by atoms with van der Waals surface area (Å²) in [6, 6.07) is 19.4. The van der Waals surface area contributed by atoms with Gasteiger partial charge in [-0.25, -0.2) is 14.0 Å². The van der Waals surface area contributed by atoms with Gasteiger partial charge >= 0.3 is 12.1 Å². The minimum Gasteiger partial charge on any atom is -0.479 e. The summed E-state index contributed by atoms with van der Waals surface area (Å²) < 4.78 is 20.0. The van der Waals surface area contributed by atoms with Crippen molar-refractivity contribution in [3.63, 3.8) is 0 Å². The number of para-hydroxylation sites is 1. The van der Waals surface area contributed by atoms with Crippen LogP contribution in [0.25, 0.3) is 11.1 Å². The highest BCUT2D eigenvalue weighted by Crippen LogP contribution is 2.44. The van der Waals surface area contributed by atoms with Crippen LogP contribution in [0.3, 0.4) is 0 Å². The van der Waals surface area contributed by atoms with E-state index in [1.54, 1.807) is 0 Å². The van der Waals surface area contributed by atoms with Gasteiger partial charge in [0.25, 0.3) is 5.91 Å². The fourth-order valence-corrected chi connectivity index (χ4v) is 4.60. The summed E-state index contributed by atoms with van der Waals surface area (Å²) in [5.41, 5.74) is 1.58. The predicted octanol–water partition coefficient (Wildman–Crippen LogP) is 3.46. The molecule has 5 rings (SSSR count). The Bertz CT molecular complexity index is 1310. The topological polar surface area (TPSA) is 116 Å². The normalized spacial score (nSPS) is 15.5. The minimum absolute atomic E-state index is 0.00929. The molecule has 178 valence electrons. The molecular weight excluding hydrogens is 455 g/mol. The molecule has 1 heterocycles. The lowest BCUT2D eigenvalue weighted by Gasteiger charge is -2.43. The van der Waals surface area contributed by atoms with Crippen LogP contribution < -0.4 is 5.32 Å². The number of aliphatic hydroxyl groups is 1. The zero-order valence-electron chi connectivity index (χ0n) is 18.4. The van der Waals surface area contributed by atoms with Crippen LogP contribution >= 0.6 is 0 Å². The number of amides is 2. The van der Waals surface area contributed by atoms with E-state index in [0.29, 0.717) is 0 Å². The van der Waals surface area contributed by atoms with Crippen molar-refractivity contribution < 1.29 is 33.7 Å². The lowest BCUT2D eigenvalue weighted by Crippen LogP contribution is -2.67. The second-order valence-corrected chi connectivity index (χ2v) is 8.61. The van der Waals surface area contributed by atoms with E-state index in [1.165, 1.54) is 12.1 Å². The van der Waals surface area contributed by atoms with Crippen LogP contribution in [-0.4, -0.2) is 58.4 Å². The van der Waals surface area contributed by atoms with E-state index in [0.717, 1.165) is 33.2 Å². The maximum absolute atomic E-state index is 14.6. The molecule has 0 radical (unpaired) electrons. The van der Waals surface area contributed by atoms with Crippen molar-refractivity contribution in [2.45, 2.75) is 11.5 Å². The van der Waals surface area contributed by atoms with Crippen LogP contribution in [0.4, 0.5) is 14.9 Å². The Kier molecular flexibility index (Phi) is 5.49. The number of ether oxygens (including phenoxy) is 1. The van der Waals surface area contributed by atoms with E-state index in [4.69, 9.17) is 9.84 Å². The third-order valence-corrected chi connectivity index (χ3v) is 6.40. The average molecular weight is 476 g/mol. The highest BCUT2D eigenvalue weighted by molar-refractivity contribution is 6.04. The van der Waals surface area contributed by atoms with Gasteiger partial charge in [0.1, 0.15) is 12.4 Å². The fourth-order valence-electron chi connectivity index (χ4n) is 4.60. The number of hydrogen-bond donors (Lipinski definition) is 3. The summed E-state index contributed by atoms with van der Waals surface area (Å²) in [4.78, 5) is 37.6. The highest BCUT2D eigenvalue weighted by Gasteiger charge is 2.50. The molecule has 8 nitrogen and oxygen atoms in total. The van der Waals surface area contributed by atoms with Crippen molar-refractivity contribution in [2.24, 2.45) is 0 Å². The van der Waals surface area contributed by atoms with Crippen LogP contribution in [0, 0.1) is 5.82 Å². The van der Waals surface area contributed by atoms with Gasteiger partial charge in [-0.15, -0.1) is 0 Å². The number of β-amino-alcohol motifs (C(OH)–C–C–N with tert-alkyl or cyclic N) is 1. The third-order valence-electron chi connectivity index (χ3n) is 6.40. The summed E-state index contributed by atoms with van der Waals surface area (Å²) in [6.07, 6.45) is -0.934. The number of halogens is 1. The van der Waals surface area contributed by atoms with Crippen molar-refractivity contribution in [3.05, 3.63) is 89.2 Å². The van der Waals surface area contributed by atoms with E-state index >= 15 is 0 Å². The molecule has 0 aromatic heterocycles. The largest absolute Gasteiger partial charge is 0.479 e. The number of likely N-dealkylation sites (tertiary alicyclic amines) is 1. The number of nitrogens with one attached hydrogen (secondary N) is 1. The molecule has 3 aromatic carbocycles. The molecule has 0 saturated carbocycles. The Balaban J connectivity index is 1.30. The molecule has 2 amide bonds. The number of carbonyl (C=O) groups excluding carboxylic acids is 2. The number of carbonyl (C=O) groups is 3. The number of anilines is 1. The number of hydrogen-bond acceptors (Lipinski definition) is 5. The number of nitrogens with zero attached hydrogens (tertiary/aromatic N) is 1. The smallest absolute Gasteiger partial charge is 0.411 e. The van der Waals surface area contributed by atoms with Crippen molar-refractivity contribution in [1.29, 1.82) is 0 Å². The number of aliphatic carboxylic acids is 1. The predicted molar refractivity (Wildman–Crippen MR) is 124 cm³/mol. The molecule has 0 atom stereocenters. The molecule has 3 N–H and O–H groups in total. The Morgan fingerprint density at radius 3 is 2.17 bits per heavy atom. The van der Waals surface area contributed by atoms with E-state index in [-0.39, 0.29) is 23.8 Å². The molecule has 1 saturated heterocycles. The number of carboxylic acids is 1. The summed E-state index contributed by atoms with van der Waals surface area (Å²) in [5, 5.41) is 21.2. The maximum Gasteiger partial charge on any atom is 0.411 e. The molecular formula is C26H21FN2O6. The first-order valence-electron chi connectivity index (χ1n) is 10.9. The molecule has 0 spiro atoms. The van der Waals surface area contributed by atoms with E-state index in [9.17, 15) is 23.9 Å². The summed E-state index contributed by atoms with van der Waals surface area (Å²) in [6.45, 7) is -0.876. The quantitative estimate of drug-likeness (QED) is 0.520. The molecule has 3 aromatic rings. The highest BCUT2D eigenvalue weighted by atomic mass is 19.1. The first-order valence-corrected chi connectivity index (χ1v) is 10.9. The standard InChI is InChI=1S/C26H21FN2O6/c27-21-11-5-10-19(23(30)29-13-26(34,14-29)24(31)32)22(21)28-25(33)35-12-20-17-8-3-1-6-15(17)16-7-2-4-9-18(16)20/h1-11,20,34H,12-14H2,(H,28,33)(H,31,32). The van der Waals surface area contributed by atoms with E-state index < -0.39 is 42.5 Å². The number of carboxylic acid groups (broad SMARTS) is 1. The number of benzene rings is 3. The van der Waals surface area contributed by atoms with Gasteiger partial charge in [0.15, 0.2) is 5.60 Å². The third kappa shape index (κ3) is 3.89. The van der Waals surface area contributed by atoms with Crippen LogP contribution in [0.15, 0.2) is 66.7 Å². The Labute approximate surface area is 199 Å². The van der Waals surface area contributed by atoms with Crippen molar-refractivity contribution >= 4 is 23.7 Å². The maximum atomic E-state index is 14.6. The van der Waals surface area contributed by atoms with Crippen LogP contribution in [0.1, 0.15) is 27.4 Å². The SMILES string of the molecule is O=C(Nc1c(F)cccc1C(=O)N1CC(O)(C(=O)O)C1)OCC1c2ccccc2-c2ccccc21. The van der Waals surface area contributed by atoms with Crippen molar-refractivity contribution in [3.8, 4) is 11.1 Å². The van der Waals surface area contributed by atoms with Gasteiger partial charge in [-0.05, 0) is 34.4 Å². The Morgan fingerprint density at radius 1 is 0.971 bits per heavy atom. The lowest BCUT2D eigenvalue weighted by atomic mass is 9.93. The molecule has 0 bridgehead atoms. The molecule has 1 aliphatic carbocycles. The van der Waals surface area contributed by atoms with Crippen molar-refractivity contribution in [1.82, 2.24) is 4.90 Å². The Hall–Kier alpha value is -4.24. The average Bonchev–Trinajstić information content (AvgIpc) is 3.15. The monoisotopic (exact) mass is 476 g/mol.